The van der Waals surface area contributed by atoms with E-state index in [2.05, 4.69) is 0 Å². The van der Waals surface area contributed by atoms with Crippen LogP contribution in [0.15, 0.2) is 0 Å². The van der Waals surface area contributed by atoms with Crippen LogP contribution in [0.2, 0.25) is 0 Å². The van der Waals surface area contributed by atoms with E-state index in [1.54, 1.807) is 0 Å². The molecule has 0 saturated carbocycles. The van der Waals surface area contributed by atoms with Crippen molar-refractivity contribution in [1.29, 1.82) is 0 Å². The van der Waals surface area contributed by atoms with Gasteiger partial charge in [0.15, 0.2) is 0 Å². The van der Waals surface area contributed by atoms with Crippen LogP contribution in [-0.4, -0.2) is 28.2 Å². The normalized spacial score (nSPS) is 8.57. The van der Waals surface area contributed by atoms with Gasteiger partial charge in [0.25, 0.3) is 0 Å². The first-order valence-electron chi connectivity index (χ1n) is 0.894. The summed E-state index contributed by atoms with van der Waals surface area (Å²) in [7, 11) is -4.61. The van der Waals surface area contributed by atoms with Crippen LogP contribution < -0.4 is 0 Å². The molecular weight excluding hydrogens is 359 g/mol. The van der Waals surface area contributed by atoms with E-state index in [0.717, 1.165) is 0 Å². The SMILES string of the molecule is O[Si](O)(O)O.[Hf].[Y]. The zero-order valence-electron chi connectivity index (χ0n) is 3.37. The van der Waals surface area contributed by atoms with Gasteiger partial charge >= 0.3 is 9.05 Å². The Labute approximate surface area is 85.7 Å². The van der Waals surface area contributed by atoms with Crippen molar-refractivity contribution < 1.29 is 77.7 Å². The average molecular weight is 364 g/mol. The molecule has 0 unspecified atom stereocenters. The summed E-state index contributed by atoms with van der Waals surface area (Å²) in [5.74, 6) is 0. The Hall–Kier alpha value is 2.03. The summed E-state index contributed by atoms with van der Waals surface area (Å²) in [4.78, 5) is 29.3. The predicted molar refractivity (Wildman–Crippen MR) is 14.6 cm³/mol. The van der Waals surface area contributed by atoms with Crippen molar-refractivity contribution in [3.05, 3.63) is 0 Å². The van der Waals surface area contributed by atoms with Crippen LogP contribution in [0.5, 0.6) is 0 Å². The van der Waals surface area contributed by atoms with Crippen molar-refractivity contribution in [3.63, 3.8) is 0 Å². The maximum Gasteiger partial charge on any atom is 0.668 e. The number of hydrogen-bond donors (Lipinski definition) is 4. The van der Waals surface area contributed by atoms with Crippen molar-refractivity contribution in [2.24, 2.45) is 0 Å². The Morgan fingerprint density at radius 3 is 0.857 bits per heavy atom. The van der Waals surface area contributed by atoms with Gasteiger partial charge in [0.2, 0.25) is 0 Å². The van der Waals surface area contributed by atoms with E-state index in [9.17, 15) is 0 Å². The summed E-state index contributed by atoms with van der Waals surface area (Å²) in [6, 6.07) is 0. The van der Waals surface area contributed by atoms with Crippen LogP contribution in [0, 0.1) is 0 Å². The molecule has 0 fully saturated rings. The molecule has 0 rings (SSSR count). The Kier molecular flexibility index (Phi) is 14.1. The van der Waals surface area contributed by atoms with Gasteiger partial charge in [0, 0.05) is 58.6 Å². The molecule has 4 N–H and O–H groups in total. The van der Waals surface area contributed by atoms with Crippen molar-refractivity contribution >= 4 is 9.05 Å². The van der Waals surface area contributed by atoms with Crippen LogP contribution in [0.1, 0.15) is 0 Å². The maximum absolute atomic E-state index is 7.33. The molecule has 0 aromatic rings. The van der Waals surface area contributed by atoms with Gasteiger partial charge in [0.05, 0.1) is 0 Å². The van der Waals surface area contributed by atoms with Gasteiger partial charge in [-0.1, -0.05) is 0 Å². The van der Waals surface area contributed by atoms with Crippen LogP contribution >= 0.6 is 0 Å². The van der Waals surface area contributed by atoms with E-state index in [4.69, 9.17) is 19.2 Å². The Bertz CT molecular complexity index is 27.2. The van der Waals surface area contributed by atoms with Crippen molar-refractivity contribution in [3.8, 4) is 0 Å². The summed E-state index contributed by atoms with van der Waals surface area (Å²) in [5.41, 5.74) is 0. The van der Waals surface area contributed by atoms with Gasteiger partial charge in [-0.25, -0.2) is 0 Å². The summed E-state index contributed by atoms with van der Waals surface area (Å²) in [6.07, 6.45) is 0. The van der Waals surface area contributed by atoms with Crippen LogP contribution in [0.25, 0.3) is 0 Å². The molecule has 1 radical (unpaired) electrons. The van der Waals surface area contributed by atoms with E-state index in [-0.39, 0.29) is 58.6 Å². The third-order valence-electron chi connectivity index (χ3n) is 0. The molecule has 7 heteroatoms. The van der Waals surface area contributed by atoms with E-state index < -0.39 is 9.05 Å². The van der Waals surface area contributed by atoms with E-state index in [1.165, 1.54) is 0 Å². The molecule has 0 bridgehead atoms. The maximum atomic E-state index is 7.33. The molecule has 0 aliphatic heterocycles. The molecule has 0 aliphatic carbocycles. The minimum atomic E-state index is -4.61. The fourth-order valence-corrected chi connectivity index (χ4v) is 0. The first-order chi connectivity index (χ1) is 2.00. The van der Waals surface area contributed by atoms with Gasteiger partial charge in [0.1, 0.15) is 0 Å². The topological polar surface area (TPSA) is 80.9 Å². The first kappa shape index (κ1) is 16.0. The Morgan fingerprint density at radius 2 is 0.857 bits per heavy atom. The molecule has 0 amide bonds. The van der Waals surface area contributed by atoms with Gasteiger partial charge in [-0.2, -0.15) is 0 Å². The quantitative estimate of drug-likeness (QED) is 0.356. The summed E-state index contributed by atoms with van der Waals surface area (Å²) >= 11 is 0. The predicted octanol–water partition coefficient (Wildman–Crippen LogP) is -2.61. The molecule has 0 aliphatic rings. The van der Waals surface area contributed by atoms with E-state index in [1.807, 2.05) is 0 Å². The Balaban J connectivity index is -0.0000000800. The monoisotopic (exact) mass is 365 g/mol. The van der Waals surface area contributed by atoms with Crippen molar-refractivity contribution in [2.45, 2.75) is 0 Å². The second-order valence-electron chi connectivity index (χ2n) is 0.600. The molecular formula is H4HfO4SiY. The molecule has 0 saturated heterocycles. The largest absolute Gasteiger partial charge is 0.668 e. The standard InChI is InChI=1S/Hf.H4O4Si.Y/c;1-5(2,3)4;/h;1-4H;. The van der Waals surface area contributed by atoms with Crippen molar-refractivity contribution in [2.75, 3.05) is 0 Å². The third kappa shape index (κ3) is 70.8. The zero-order chi connectivity index (χ0) is 4.50. The first-order valence-corrected chi connectivity index (χ1v) is 2.68. The summed E-state index contributed by atoms with van der Waals surface area (Å²) < 4.78 is 0. The van der Waals surface area contributed by atoms with E-state index >= 15 is 0 Å². The molecule has 0 aromatic carbocycles. The van der Waals surface area contributed by atoms with E-state index in [0.29, 0.717) is 0 Å². The summed E-state index contributed by atoms with van der Waals surface area (Å²) in [6.45, 7) is 0. The molecule has 39 valence electrons. The molecule has 7 heavy (non-hydrogen) atoms. The van der Waals surface area contributed by atoms with Crippen LogP contribution in [0.3, 0.4) is 0 Å². The molecule has 0 spiro atoms. The van der Waals surface area contributed by atoms with Gasteiger partial charge in [-0.05, 0) is 0 Å². The number of hydrogen-bond acceptors (Lipinski definition) is 4. The van der Waals surface area contributed by atoms with Crippen LogP contribution in [-0.2, 0) is 58.6 Å². The van der Waals surface area contributed by atoms with Gasteiger partial charge < -0.3 is 19.2 Å². The van der Waals surface area contributed by atoms with Crippen molar-refractivity contribution in [1.82, 2.24) is 0 Å². The Morgan fingerprint density at radius 1 is 0.857 bits per heavy atom. The fourth-order valence-electron chi connectivity index (χ4n) is 0. The fraction of sp³-hybridized carbons (Fsp3) is 0. The smallest absolute Gasteiger partial charge is 0.368 e. The van der Waals surface area contributed by atoms with Gasteiger partial charge in [-0.3, -0.25) is 0 Å². The third-order valence-corrected chi connectivity index (χ3v) is 0. The number of rotatable bonds is 0. The average Bonchev–Trinajstić information content (AvgIpc) is 0.722. The minimum absolute atomic E-state index is 0. The second kappa shape index (κ2) is 6.16. The molecule has 4 nitrogen and oxygen atoms in total. The zero-order valence-corrected chi connectivity index (χ0v) is 10.8. The van der Waals surface area contributed by atoms with Gasteiger partial charge in [-0.15, -0.1) is 0 Å². The van der Waals surface area contributed by atoms with Crippen LogP contribution in [0.4, 0.5) is 0 Å². The summed E-state index contributed by atoms with van der Waals surface area (Å²) in [5, 5.41) is 0. The minimum Gasteiger partial charge on any atom is -0.368 e. The molecule has 0 heterocycles. The second-order valence-corrected chi connectivity index (χ2v) is 1.80. The molecule has 0 aromatic heterocycles. The molecule has 0 atom stereocenters.